The summed E-state index contributed by atoms with van der Waals surface area (Å²) in [6.07, 6.45) is 1.59. The Balaban J connectivity index is 2.37. The quantitative estimate of drug-likeness (QED) is 0.801. The molecule has 5 heteroatoms. The number of carbonyl (C=O) groups excluding carboxylic acids is 1. The number of thiazole rings is 1. The van der Waals surface area contributed by atoms with Gasteiger partial charge in [-0.15, -0.1) is 11.3 Å². The van der Waals surface area contributed by atoms with Gasteiger partial charge < -0.3 is 4.74 Å². The van der Waals surface area contributed by atoms with Crippen LogP contribution in [-0.4, -0.2) is 17.9 Å². The van der Waals surface area contributed by atoms with Crippen LogP contribution in [0.2, 0.25) is 5.02 Å². The third-order valence-corrected chi connectivity index (χ3v) is 3.48. The van der Waals surface area contributed by atoms with Crippen molar-refractivity contribution in [2.45, 2.75) is 6.92 Å². The number of aromatic nitrogens is 1. The molecule has 1 heterocycles. The molecule has 0 aliphatic rings. The van der Waals surface area contributed by atoms with Gasteiger partial charge in [-0.25, -0.2) is 4.98 Å². The fourth-order valence-electron chi connectivity index (χ4n) is 1.41. The molecule has 2 aromatic rings. The van der Waals surface area contributed by atoms with Gasteiger partial charge in [-0.1, -0.05) is 11.6 Å². The van der Waals surface area contributed by atoms with Gasteiger partial charge in [0.25, 0.3) is 0 Å². The molecule has 0 fully saturated rings. The maximum absolute atomic E-state index is 12.1. The highest BCUT2D eigenvalue weighted by Crippen LogP contribution is 2.27. The number of carbonyl (C=O) groups is 1. The highest BCUT2D eigenvalue weighted by atomic mass is 35.5. The summed E-state index contributed by atoms with van der Waals surface area (Å²) in [4.78, 5) is 16.8. The van der Waals surface area contributed by atoms with Crippen molar-refractivity contribution in [1.82, 2.24) is 4.98 Å². The molecule has 2 rings (SSSR count). The first-order chi connectivity index (χ1) is 8.11. The Hall–Kier alpha value is -1.39. The smallest absolute Gasteiger partial charge is 0.204 e. The molecule has 3 nitrogen and oxygen atoms in total. The fourth-order valence-corrected chi connectivity index (χ4v) is 2.34. The van der Waals surface area contributed by atoms with Crippen molar-refractivity contribution in [3.8, 4) is 5.75 Å². The maximum Gasteiger partial charge on any atom is 0.204 e. The predicted molar refractivity (Wildman–Crippen MR) is 68.3 cm³/mol. The van der Waals surface area contributed by atoms with Crippen LogP contribution >= 0.6 is 22.9 Å². The lowest BCUT2D eigenvalue weighted by molar-refractivity contribution is 0.104. The van der Waals surface area contributed by atoms with E-state index in [9.17, 15) is 4.79 Å². The number of ketones is 1. The van der Waals surface area contributed by atoms with Gasteiger partial charge >= 0.3 is 0 Å². The summed E-state index contributed by atoms with van der Waals surface area (Å²) in [5.41, 5.74) is 0.551. The first-order valence-corrected chi connectivity index (χ1v) is 6.12. The molecule has 0 atom stereocenters. The second-order valence-corrected chi connectivity index (χ2v) is 5.06. The van der Waals surface area contributed by atoms with Crippen LogP contribution in [0.3, 0.4) is 0 Å². The summed E-state index contributed by atoms with van der Waals surface area (Å²) >= 11 is 7.28. The highest BCUT2D eigenvalue weighted by Gasteiger charge is 2.13. The first kappa shape index (κ1) is 12.1. The van der Waals surface area contributed by atoms with Crippen LogP contribution in [0.25, 0.3) is 0 Å². The van der Waals surface area contributed by atoms with Gasteiger partial charge in [0.05, 0.1) is 22.0 Å². The molecule has 1 aromatic carbocycles. The minimum Gasteiger partial charge on any atom is -0.495 e. The van der Waals surface area contributed by atoms with Crippen LogP contribution in [0.5, 0.6) is 5.75 Å². The van der Waals surface area contributed by atoms with Gasteiger partial charge in [0.1, 0.15) is 5.75 Å². The average Bonchev–Trinajstić information content (AvgIpc) is 2.75. The van der Waals surface area contributed by atoms with Gasteiger partial charge in [-0.3, -0.25) is 4.79 Å². The number of hydrogen-bond acceptors (Lipinski definition) is 4. The van der Waals surface area contributed by atoms with Gasteiger partial charge in [0.15, 0.2) is 0 Å². The number of aryl methyl sites for hydroxylation is 1. The van der Waals surface area contributed by atoms with E-state index in [2.05, 4.69) is 4.98 Å². The molecule has 0 saturated heterocycles. The lowest BCUT2D eigenvalue weighted by Gasteiger charge is -2.04. The monoisotopic (exact) mass is 267 g/mol. The molecule has 0 aliphatic carbocycles. The largest absolute Gasteiger partial charge is 0.495 e. The molecule has 0 amide bonds. The third kappa shape index (κ3) is 2.48. The van der Waals surface area contributed by atoms with E-state index in [1.165, 1.54) is 18.4 Å². The van der Waals surface area contributed by atoms with Crippen molar-refractivity contribution in [3.05, 3.63) is 44.9 Å². The number of halogens is 1. The minimum absolute atomic E-state index is 0.0643. The molecule has 0 radical (unpaired) electrons. The number of ether oxygens (including phenoxy) is 1. The third-order valence-electron chi connectivity index (χ3n) is 2.26. The number of methoxy groups -OCH3 is 1. The molecule has 0 aliphatic heterocycles. The molecule has 0 unspecified atom stereocenters. The normalized spacial score (nSPS) is 10.3. The number of rotatable bonds is 3. The fraction of sp³-hybridized carbons (Fsp3) is 0.167. The molecule has 88 valence electrons. The van der Waals surface area contributed by atoms with Crippen LogP contribution in [0.4, 0.5) is 0 Å². The second-order valence-electron chi connectivity index (χ2n) is 3.42. The molecule has 0 saturated carbocycles. The van der Waals surface area contributed by atoms with E-state index in [4.69, 9.17) is 16.3 Å². The molecule has 17 heavy (non-hydrogen) atoms. The summed E-state index contributed by atoms with van der Waals surface area (Å²) in [7, 11) is 1.52. The van der Waals surface area contributed by atoms with Crippen molar-refractivity contribution in [3.63, 3.8) is 0 Å². The maximum atomic E-state index is 12.1. The Bertz CT molecular complexity index is 565. The van der Waals surface area contributed by atoms with Gasteiger partial charge in [-0.05, 0) is 25.1 Å². The zero-order chi connectivity index (χ0) is 12.4. The van der Waals surface area contributed by atoms with Crippen molar-refractivity contribution in [1.29, 1.82) is 0 Å². The Morgan fingerprint density at radius 3 is 2.82 bits per heavy atom. The van der Waals surface area contributed by atoms with E-state index in [-0.39, 0.29) is 5.78 Å². The number of hydrogen-bond donors (Lipinski definition) is 0. The van der Waals surface area contributed by atoms with Gasteiger partial charge in [-0.2, -0.15) is 0 Å². The second kappa shape index (κ2) is 4.85. The van der Waals surface area contributed by atoms with E-state index in [0.717, 1.165) is 5.01 Å². The van der Waals surface area contributed by atoms with E-state index >= 15 is 0 Å². The Labute approximate surface area is 108 Å². The minimum atomic E-state index is -0.0643. The highest BCUT2D eigenvalue weighted by molar-refractivity contribution is 7.13. The van der Waals surface area contributed by atoms with Crippen molar-refractivity contribution < 1.29 is 9.53 Å². The van der Waals surface area contributed by atoms with Crippen LogP contribution in [0.1, 0.15) is 20.2 Å². The van der Waals surface area contributed by atoms with Crippen molar-refractivity contribution in [2.75, 3.05) is 7.11 Å². The predicted octanol–water partition coefficient (Wildman–Crippen LogP) is 3.34. The molecular weight excluding hydrogens is 258 g/mol. The number of nitrogens with zero attached hydrogens (tertiary/aromatic N) is 1. The van der Waals surface area contributed by atoms with Crippen LogP contribution in [-0.2, 0) is 0 Å². The Morgan fingerprint density at radius 1 is 1.47 bits per heavy atom. The summed E-state index contributed by atoms with van der Waals surface area (Å²) in [5.74, 6) is 0.435. The summed E-state index contributed by atoms with van der Waals surface area (Å²) in [6.45, 7) is 1.86. The van der Waals surface area contributed by atoms with E-state index < -0.39 is 0 Å². The molecule has 0 spiro atoms. The summed E-state index contributed by atoms with van der Waals surface area (Å²) in [6, 6.07) is 4.98. The van der Waals surface area contributed by atoms with Crippen molar-refractivity contribution >= 4 is 28.7 Å². The van der Waals surface area contributed by atoms with Crippen LogP contribution < -0.4 is 4.74 Å². The lowest BCUT2D eigenvalue weighted by Crippen LogP contribution is -1.99. The Morgan fingerprint density at radius 2 is 2.24 bits per heavy atom. The molecule has 1 aromatic heterocycles. The average molecular weight is 268 g/mol. The van der Waals surface area contributed by atoms with Crippen LogP contribution in [0, 0.1) is 6.92 Å². The zero-order valence-electron chi connectivity index (χ0n) is 9.36. The van der Waals surface area contributed by atoms with Crippen LogP contribution in [0.15, 0.2) is 24.4 Å². The topological polar surface area (TPSA) is 39.2 Å². The zero-order valence-corrected chi connectivity index (χ0v) is 10.9. The van der Waals surface area contributed by atoms with E-state index in [1.807, 2.05) is 6.92 Å². The lowest BCUT2D eigenvalue weighted by atomic mass is 10.1. The Kier molecular flexibility index (Phi) is 3.45. The summed E-state index contributed by atoms with van der Waals surface area (Å²) < 4.78 is 5.08. The summed E-state index contributed by atoms with van der Waals surface area (Å²) in [5, 5.41) is 1.36. The standard InChI is InChI=1S/C12H10ClNO2S/c1-7-14-6-11(17-7)12(15)8-3-4-9(13)10(5-8)16-2/h3-6H,1-2H3. The SMILES string of the molecule is COc1cc(C(=O)c2cnc(C)s2)ccc1Cl. The molecule has 0 N–H and O–H groups in total. The first-order valence-electron chi connectivity index (χ1n) is 4.92. The molecular formula is C12H10ClNO2S. The number of benzene rings is 1. The van der Waals surface area contributed by atoms with Gasteiger partial charge in [0.2, 0.25) is 5.78 Å². The van der Waals surface area contributed by atoms with E-state index in [1.54, 1.807) is 24.4 Å². The van der Waals surface area contributed by atoms with E-state index in [0.29, 0.717) is 21.2 Å². The van der Waals surface area contributed by atoms with Gasteiger partial charge in [0, 0.05) is 11.8 Å². The molecule has 0 bridgehead atoms. The van der Waals surface area contributed by atoms with Crippen molar-refractivity contribution in [2.24, 2.45) is 0 Å².